The molecule has 0 spiro atoms. The molecule has 0 fully saturated rings. The molecule has 0 aliphatic rings. The molecule has 6 nitrogen and oxygen atoms in total. The zero-order chi connectivity index (χ0) is 9.84. The highest BCUT2D eigenvalue weighted by atomic mass is 16.4. The van der Waals surface area contributed by atoms with E-state index in [-0.39, 0.29) is 11.5 Å². The predicted octanol–water partition coefficient (Wildman–Crippen LogP) is -0.279. The number of carboxylic acid groups (broad SMARTS) is 1. The zero-order valence-electron chi connectivity index (χ0n) is 6.93. The number of hydrogen-bond donors (Lipinski definition) is 3. The monoisotopic (exact) mass is 185 g/mol. The van der Waals surface area contributed by atoms with Crippen molar-refractivity contribution in [2.45, 2.75) is 12.5 Å². The van der Waals surface area contributed by atoms with Crippen LogP contribution in [0.3, 0.4) is 0 Å². The van der Waals surface area contributed by atoms with Gasteiger partial charge in [-0.2, -0.15) is 0 Å². The molecule has 0 amide bonds. The topological polar surface area (TPSA) is 115 Å². The van der Waals surface area contributed by atoms with Crippen LogP contribution in [0.5, 0.6) is 0 Å². The minimum atomic E-state index is -1.14. The SMILES string of the molecule is NCCC(N)c1ocnc1C(=O)O. The highest BCUT2D eigenvalue weighted by molar-refractivity contribution is 5.86. The Morgan fingerprint density at radius 1 is 1.77 bits per heavy atom. The molecule has 1 unspecified atom stereocenters. The summed E-state index contributed by atoms with van der Waals surface area (Å²) in [4.78, 5) is 14.1. The Morgan fingerprint density at radius 3 is 3.00 bits per heavy atom. The Balaban J connectivity index is 2.86. The van der Waals surface area contributed by atoms with Gasteiger partial charge in [-0.25, -0.2) is 9.78 Å². The summed E-state index contributed by atoms with van der Waals surface area (Å²) in [5.41, 5.74) is 10.7. The van der Waals surface area contributed by atoms with Crippen LogP contribution >= 0.6 is 0 Å². The van der Waals surface area contributed by atoms with Gasteiger partial charge in [-0.05, 0) is 13.0 Å². The largest absolute Gasteiger partial charge is 0.476 e. The molecule has 1 rings (SSSR count). The maximum Gasteiger partial charge on any atom is 0.358 e. The fourth-order valence-corrected chi connectivity index (χ4v) is 0.990. The number of rotatable bonds is 4. The van der Waals surface area contributed by atoms with Crippen LogP contribution in [0, 0.1) is 0 Å². The van der Waals surface area contributed by atoms with E-state index in [1.165, 1.54) is 0 Å². The molecule has 1 heterocycles. The lowest BCUT2D eigenvalue weighted by atomic mass is 10.1. The summed E-state index contributed by atoms with van der Waals surface area (Å²) in [5, 5.41) is 8.66. The smallest absolute Gasteiger partial charge is 0.358 e. The van der Waals surface area contributed by atoms with E-state index in [9.17, 15) is 4.79 Å². The third kappa shape index (κ3) is 2.04. The molecule has 0 saturated carbocycles. The molecular formula is C7H11N3O3. The standard InChI is InChI=1S/C7H11N3O3/c8-2-1-4(9)6-5(7(11)12)10-3-13-6/h3-4H,1-2,8-9H2,(H,11,12). The predicted molar refractivity (Wildman–Crippen MR) is 44.1 cm³/mol. The highest BCUT2D eigenvalue weighted by Gasteiger charge is 2.20. The van der Waals surface area contributed by atoms with Gasteiger partial charge >= 0.3 is 5.97 Å². The summed E-state index contributed by atoms with van der Waals surface area (Å²) in [7, 11) is 0. The normalized spacial score (nSPS) is 12.8. The van der Waals surface area contributed by atoms with Gasteiger partial charge in [0.25, 0.3) is 0 Å². The number of aromatic nitrogens is 1. The summed E-state index contributed by atoms with van der Waals surface area (Å²) in [6.07, 6.45) is 1.53. The third-order valence-electron chi connectivity index (χ3n) is 1.61. The van der Waals surface area contributed by atoms with Crippen LogP contribution in [0.15, 0.2) is 10.8 Å². The van der Waals surface area contributed by atoms with Crippen molar-refractivity contribution in [3.63, 3.8) is 0 Å². The van der Waals surface area contributed by atoms with E-state index in [1.807, 2.05) is 0 Å². The van der Waals surface area contributed by atoms with Gasteiger partial charge in [-0.1, -0.05) is 0 Å². The van der Waals surface area contributed by atoms with Crippen LogP contribution in [0.4, 0.5) is 0 Å². The third-order valence-corrected chi connectivity index (χ3v) is 1.61. The van der Waals surface area contributed by atoms with Crippen LogP contribution < -0.4 is 11.5 Å². The number of oxazole rings is 1. The van der Waals surface area contributed by atoms with Crippen LogP contribution in [-0.4, -0.2) is 22.6 Å². The van der Waals surface area contributed by atoms with Crippen LogP contribution in [0.25, 0.3) is 0 Å². The van der Waals surface area contributed by atoms with E-state index in [2.05, 4.69) is 4.98 Å². The Kier molecular flexibility index (Phi) is 2.99. The Bertz CT molecular complexity index is 297. The minimum absolute atomic E-state index is 0.138. The van der Waals surface area contributed by atoms with Gasteiger partial charge in [0.1, 0.15) is 0 Å². The summed E-state index contributed by atoms with van der Waals surface area (Å²) in [6.45, 7) is 0.376. The summed E-state index contributed by atoms with van der Waals surface area (Å²) in [5.74, 6) is -0.964. The van der Waals surface area contributed by atoms with Crippen molar-refractivity contribution in [2.75, 3.05) is 6.54 Å². The van der Waals surface area contributed by atoms with Crippen molar-refractivity contribution < 1.29 is 14.3 Å². The second-order valence-electron chi connectivity index (χ2n) is 2.55. The number of nitrogens with zero attached hydrogens (tertiary/aromatic N) is 1. The molecule has 0 aromatic carbocycles. The number of aromatic carboxylic acids is 1. The maximum atomic E-state index is 10.6. The quantitative estimate of drug-likeness (QED) is 0.594. The van der Waals surface area contributed by atoms with E-state index < -0.39 is 12.0 Å². The second-order valence-corrected chi connectivity index (χ2v) is 2.55. The lowest BCUT2D eigenvalue weighted by molar-refractivity contribution is 0.0688. The summed E-state index contributed by atoms with van der Waals surface area (Å²) < 4.78 is 4.87. The number of nitrogens with two attached hydrogens (primary N) is 2. The second kappa shape index (κ2) is 4.01. The van der Waals surface area contributed by atoms with Gasteiger partial charge in [-0.15, -0.1) is 0 Å². The van der Waals surface area contributed by atoms with Crippen LogP contribution in [0.2, 0.25) is 0 Å². The molecule has 72 valence electrons. The fourth-order valence-electron chi connectivity index (χ4n) is 0.990. The molecule has 0 aliphatic carbocycles. The van der Waals surface area contributed by atoms with Gasteiger partial charge in [0.2, 0.25) is 0 Å². The van der Waals surface area contributed by atoms with Gasteiger partial charge in [0, 0.05) is 0 Å². The first kappa shape index (κ1) is 9.69. The first-order chi connectivity index (χ1) is 6.16. The Hall–Kier alpha value is -1.40. The van der Waals surface area contributed by atoms with Gasteiger partial charge in [-0.3, -0.25) is 0 Å². The molecule has 1 atom stereocenters. The molecule has 6 heteroatoms. The lowest BCUT2D eigenvalue weighted by Crippen LogP contribution is -2.17. The summed E-state index contributed by atoms with van der Waals surface area (Å²) >= 11 is 0. The van der Waals surface area contributed by atoms with Crippen molar-refractivity contribution in [1.29, 1.82) is 0 Å². The first-order valence-electron chi connectivity index (χ1n) is 3.79. The van der Waals surface area contributed by atoms with E-state index >= 15 is 0 Å². The maximum absolute atomic E-state index is 10.6. The molecule has 5 N–H and O–H groups in total. The highest BCUT2D eigenvalue weighted by Crippen LogP contribution is 2.17. The average Bonchev–Trinajstić information content (AvgIpc) is 2.52. The van der Waals surface area contributed by atoms with Crippen molar-refractivity contribution >= 4 is 5.97 Å². The zero-order valence-corrected chi connectivity index (χ0v) is 6.93. The minimum Gasteiger partial charge on any atom is -0.476 e. The lowest BCUT2D eigenvalue weighted by Gasteiger charge is -2.06. The molecular weight excluding hydrogens is 174 g/mol. The molecule has 0 aliphatic heterocycles. The van der Waals surface area contributed by atoms with E-state index in [0.717, 1.165) is 6.39 Å². The number of hydrogen-bond acceptors (Lipinski definition) is 5. The average molecular weight is 185 g/mol. The Labute approximate surface area is 74.5 Å². The molecule has 0 bridgehead atoms. The van der Waals surface area contributed by atoms with Gasteiger partial charge in [0.15, 0.2) is 17.8 Å². The fraction of sp³-hybridized carbons (Fsp3) is 0.429. The Morgan fingerprint density at radius 2 is 2.46 bits per heavy atom. The van der Waals surface area contributed by atoms with Gasteiger partial charge < -0.3 is 21.0 Å². The number of carboxylic acids is 1. The van der Waals surface area contributed by atoms with Crippen LogP contribution in [-0.2, 0) is 0 Å². The van der Waals surface area contributed by atoms with Crippen molar-refractivity contribution in [3.05, 3.63) is 17.8 Å². The van der Waals surface area contributed by atoms with Crippen molar-refractivity contribution in [2.24, 2.45) is 11.5 Å². The van der Waals surface area contributed by atoms with E-state index in [4.69, 9.17) is 21.0 Å². The molecule has 1 aromatic heterocycles. The number of carbonyl (C=O) groups is 1. The van der Waals surface area contributed by atoms with E-state index in [1.54, 1.807) is 0 Å². The van der Waals surface area contributed by atoms with Crippen molar-refractivity contribution in [1.82, 2.24) is 4.98 Å². The summed E-state index contributed by atoms with van der Waals surface area (Å²) in [6, 6.07) is -0.501. The first-order valence-corrected chi connectivity index (χ1v) is 3.79. The molecule has 1 aromatic rings. The van der Waals surface area contributed by atoms with E-state index in [0.29, 0.717) is 13.0 Å². The van der Waals surface area contributed by atoms with Crippen molar-refractivity contribution in [3.8, 4) is 0 Å². The van der Waals surface area contributed by atoms with Gasteiger partial charge in [0.05, 0.1) is 6.04 Å². The van der Waals surface area contributed by atoms with Crippen LogP contribution in [0.1, 0.15) is 28.7 Å². The molecule has 0 radical (unpaired) electrons. The molecule has 13 heavy (non-hydrogen) atoms. The molecule has 0 saturated heterocycles.